The van der Waals surface area contributed by atoms with Gasteiger partial charge in [-0.25, -0.2) is 4.98 Å². The molecule has 5 nitrogen and oxygen atoms in total. The lowest BCUT2D eigenvalue weighted by Crippen LogP contribution is -2.17. The van der Waals surface area contributed by atoms with Crippen LogP contribution in [0.15, 0.2) is 42.5 Å². The number of nitrogens with two attached hydrogens (primary N) is 1. The summed E-state index contributed by atoms with van der Waals surface area (Å²) in [5, 5.41) is 0. The topological polar surface area (TPSA) is 73.2 Å². The number of hydrogen-bond acceptors (Lipinski definition) is 4. The smallest absolute Gasteiger partial charge is 0.164 e. The van der Waals surface area contributed by atoms with Crippen molar-refractivity contribution in [1.29, 1.82) is 0 Å². The lowest BCUT2D eigenvalue weighted by atomic mass is 9.97. The summed E-state index contributed by atoms with van der Waals surface area (Å²) in [4.78, 5) is 8.10. The van der Waals surface area contributed by atoms with E-state index in [1.54, 1.807) is 0 Å². The minimum absolute atomic E-state index is 0.0866. The molecular formula is C20H25N3O2. The van der Waals surface area contributed by atoms with Crippen LogP contribution in [0, 0.1) is 0 Å². The van der Waals surface area contributed by atoms with Crippen molar-refractivity contribution in [2.75, 3.05) is 19.8 Å². The van der Waals surface area contributed by atoms with Gasteiger partial charge in [-0.2, -0.15) is 0 Å². The molecule has 1 atom stereocenters. The summed E-state index contributed by atoms with van der Waals surface area (Å²) >= 11 is 0. The van der Waals surface area contributed by atoms with Crippen LogP contribution in [0.3, 0.4) is 0 Å². The first kappa shape index (κ1) is 17.3. The Hall–Kier alpha value is -2.53. The van der Waals surface area contributed by atoms with Gasteiger partial charge >= 0.3 is 0 Å². The molecule has 25 heavy (non-hydrogen) atoms. The van der Waals surface area contributed by atoms with Gasteiger partial charge in [0.2, 0.25) is 0 Å². The summed E-state index contributed by atoms with van der Waals surface area (Å²) in [6.45, 7) is 5.65. The number of rotatable bonds is 8. The summed E-state index contributed by atoms with van der Waals surface area (Å²) in [6, 6.07) is 14.0. The Kier molecular flexibility index (Phi) is 5.56. The number of ether oxygens (including phenoxy) is 2. The lowest BCUT2D eigenvalue weighted by Gasteiger charge is -2.18. The van der Waals surface area contributed by atoms with E-state index < -0.39 is 0 Å². The number of aromatic amines is 1. The molecule has 1 aromatic heterocycles. The minimum Gasteiger partial charge on any atom is -0.490 e. The molecule has 1 unspecified atom stereocenters. The van der Waals surface area contributed by atoms with Crippen LogP contribution >= 0.6 is 0 Å². The van der Waals surface area contributed by atoms with Crippen LogP contribution in [0.5, 0.6) is 11.5 Å². The number of benzene rings is 2. The van der Waals surface area contributed by atoms with Crippen molar-refractivity contribution in [1.82, 2.24) is 9.97 Å². The third-order valence-corrected chi connectivity index (χ3v) is 4.19. The monoisotopic (exact) mass is 339 g/mol. The summed E-state index contributed by atoms with van der Waals surface area (Å²) in [5.41, 5.74) is 9.14. The van der Waals surface area contributed by atoms with Crippen molar-refractivity contribution in [2.24, 2.45) is 5.73 Å². The molecule has 0 bridgehead atoms. The molecule has 0 saturated carbocycles. The Bertz CT molecular complexity index is 796. The molecule has 5 heteroatoms. The van der Waals surface area contributed by atoms with Crippen LogP contribution in [-0.4, -0.2) is 29.7 Å². The Morgan fingerprint density at radius 3 is 2.56 bits per heavy atom. The largest absolute Gasteiger partial charge is 0.490 e. The average Bonchev–Trinajstić information content (AvgIpc) is 3.06. The first-order chi connectivity index (χ1) is 12.3. The summed E-state index contributed by atoms with van der Waals surface area (Å²) in [5.74, 6) is 2.58. The fourth-order valence-electron chi connectivity index (χ4n) is 3.02. The zero-order chi connectivity index (χ0) is 17.6. The van der Waals surface area contributed by atoms with Crippen LogP contribution in [0.2, 0.25) is 0 Å². The SMILES string of the molecule is CCOc1cccc(CC(CN)c2nc3ccccc3[nH]2)c1OCC. The number of nitrogens with zero attached hydrogens (tertiary/aromatic N) is 1. The van der Waals surface area contributed by atoms with Crippen LogP contribution in [-0.2, 0) is 6.42 Å². The molecule has 0 aliphatic carbocycles. The zero-order valence-corrected chi connectivity index (χ0v) is 14.8. The Morgan fingerprint density at radius 1 is 1.04 bits per heavy atom. The van der Waals surface area contributed by atoms with Crippen molar-refractivity contribution < 1.29 is 9.47 Å². The molecule has 0 fully saturated rings. The van der Waals surface area contributed by atoms with E-state index in [9.17, 15) is 0 Å². The number of H-pyrrole nitrogens is 1. The molecule has 0 aliphatic rings. The van der Waals surface area contributed by atoms with Crippen LogP contribution in [0.25, 0.3) is 11.0 Å². The maximum atomic E-state index is 6.06. The maximum Gasteiger partial charge on any atom is 0.164 e. The van der Waals surface area contributed by atoms with Crippen molar-refractivity contribution >= 4 is 11.0 Å². The third-order valence-electron chi connectivity index (χ3n) is 4.19. The van der Waals surface area contributed by atoms with E-state index in [1.165, 1.54) is 0 Å². The minimum atomic E-state index is 0.0866. The Balaban J connectivity index is 1.92. The van der Waals surface area contributed by atoms with Gasteiger partial charge in [0.05, 0.1) is 24.2 Å². The highest BCUT2D eigenvalue weighted by Gasteiger charge is 2.19. The number of nitrogens with one attached hydrogen (secondary N) is 1. The Morgan fingerprint density at radius 2 is 1.84 bits per heavy atom. The van der Waals surface area contributed by atoms with Gasteiger partial charge < -0.3 is 20.2 Å². The second kappa shape index (κ2) is 8.03. The highest BCUT2D eigenvalue weighted by Crippen LogP contribution is 2.34. The molecule has 0 amide bonds. The van der Waals surface area contributed by atoms with E-state index in [0.29, 0.717) is 19.8 Å². The molecule has 1 heterocycles. The number of hydrogen-bond donors (Lipinski definition) is 2. The first-order valence-corrected chi connectivity index (χ1v) is 8.79. The Labute approximate surface area is 148 Å². The summed E-state index contributed by atoms with van der Waals surface area (Å²) < 4.78 is 11.6. The standard InChI is InChI=1S/C20H25N3O2/c1-3-24-18-11-7-8-14(19(18)25-4-2)12-15(13-21)20-22-16-9-5-6-10-17(16)23-20/h5-11,15H,3-4,12-13,21H2,1-2H3,(H,22,23). The molecule has 3 rings (SSSR count). The molecule has 3 aromatic rings. The number of imidazole rings is 1. The highest BCUT2D eigenvalue weighted by atomic mass is 16.5. The van der Waals surface area contributed by atoms with Crippen molar-refractivity contribution in [3.63, 3.8) is 0 Å². The maximum absolute atomic E-state index is 6.06. The van der Waals surface area contributed by atoms with Gasteiger partial charge in [-0.05, 0) is 44.0 Å². The van der Waals surface area contributed by atoms with Gasteiger partial charge in [0, 0.05) is 12.5 Å². The predicted octanol–water partition coefficient (Wildman–Crippen LogP) is 3.65. The number of para-hydroxylation sites is 3. The van der Waals surface area contributed by atoms with E-state index in [1.807, 2.05) is 50.2 Å². The van der Waals surface area contributed by atoms with Gasteiger partial charge in [-0.1, -0.05) is 24.3 Å². The third kappa shape index (κ3) is 3.77. The summed E-state index contributed by atoms with van der Waals surface area (Å²) in [7, 11) is 0. The van der Waals surface area contributed by atoms with Crippen LogP contribution < -0.4 is 15.2 Å². The van der Waals surface area contributed by atoms with Gasteiger partial charge in [-0.15, -0.1) is 0 Å². The summed E-state index contributed by atoms with van der Waals surface area (Å²) in [6.07, 6.45) is 0.743. The molecular weight excluding hydrogens is 314 g/mol. The fourth-order valence-corrected chi connectivity index (χ4v) is 3.02. The molecule has 0 saturated heterocycles. The quantitative estimate of drug-likeness (QED) is 0.657. The predicted molar refractivity (Wildman–Crippen MR) is 100 cm³/mol. The van der Waals surface area contributed by atoms with Gasteiger partial charge in [0.25, 0.3) is 0 Å². The molecule has 2 aromatic carbocycles. The van der Waals surface area contributed by atoms with E-state index in [4.69, 9.17) is 20.2 Å². The second-order valence-corrected chi connectivity index (χ2v) is 5.89. The molecule has 132 valence electrons. The van der Waals surface area contributed by atoms with Crippen molar-refractivity contribution in [3.8, 4) is 11.5 Å². The first-order valence-electron chi connectivity index (χ1n) is 8.79. The normalized spacial score (nSPS) is 12.3. The van der Waals surface area contributed by atoms with Gasteiger partial charge in [-0.3, -0.25) is 0 Å². The molecule has 3 N–H and O–H groups in total. The van der Waals surface area contributed by atoms with Crippen LogP contribution in [0.1, 0.15) is 31.2 Å². The fraction of sp³-hybridized carbons (Fsp3) is 0.350. The number of fused-ring (bicyclic) bond motifs is 1. The second-order valence-electron chi connectivity index (χ2n) is 5.89. The van der Waals surface area contributed by atoms with E-state index >= 15 is 0 Å². The van der Waals surface area contributed by atoms with Crippen molar-refractivity contribution in [2.45, 2.75) is 26.2 Å². The van der Waals surface area contributed by atoms with E-state index in [2.05, 4.69) is 11.1 Å². The van der Waals surface area contributed by atoms with Gasteiger partial charge in [0.15, 0.2) is 11.5 Å². The average molecular weight is 339 g/mol. The number of aromatic nitrogens is 2. The molecule has 0 spiro atoms. The van der Waals surface area contributed by atoms with E-state index in [0.717, 1.165) is 40.3 Å². The highest BCUT2D eigenvalue weighted by molar-refractivity contribution is 5.74. The zero-order valence-electron chi connectivity index (χ0n) is 14.8. The lowest BCUT2D eigenvalue weighted by molar-refractivity contribution is 0.285. The van der Waals surface area contributed by atoms with Crippen molar-refractivity contribution in [3.05, 3.63) is 53.9 Å². The van der Waals surface area contributed by atoms with Gasteiger partial charge in [0.1, 0.15) is 5.82 Å². The van der Waals surface area contributed by atoms with Crippen LogP contribution in [0.4, 0.5) is 0 Å². The van der Waals surface area contributed by atoms with E-state index in [-0.39, 0.29) is 5.92 Å². The molecule has 0 radical (unpaired) electrons. The molecule has 0 aliphatic heterocycles.